The maximum atomic E-state index is 13.5. The van der Waals surface area contributed by atoms with Crippen LogP contribution in [0.3, 0.4) is 0 Å². The topological polar surface area (TPSA) is 248 Å². The van der Waals surface area contributed by atoms with Crippen LogP contribution in [0.15, 0.2) is 201 Å². The fourth-order valence-electron chi connectivity index (χ4n) is 14.5. The molecule has 670 valence electrons. The maximum Gasteiger partial charge on any atom is 0.416 e. The summed E-state index contributed by atoms with van der Waals surface area (Å²) in [6.45, 7) is 26.9. The monoisotopic (exact) mass is 1800 g/mol. The molecule has 4 fully saturated rings. The summed E-state index contributed by atoms with van der Waals surface area (Å²) in [5.74, 6) is 2.26. The Kier molecular flexibility index (Phi) is 32.6. The van der Waals surface area contributed by atoms with Crippen LogP contribution in [0.5, 0.6) is 0 Å². The minimum Gasteiger partial charge on any atom is -0.384 e. The molecule has 4 aliphatic heterocycles. The van der Waals surface area contributed by atoms with Crippen molar-refractivity contribution in [3.63, 3.8) is 0 Å². The molecule has 4 aliphatic rings. The van der Waals surface area contributed by atoms with E-state index in [9.17, 15) is 26.7 Å². The van der Waals surface area contributed by atoms with E-state index in [2.05, 4.69) is 200 Å². The summed E-state index contributed by atoms with van der Waals surface area (Å²) in [5.41, 5.74) is 20.0. The van der Waals surface area contributed by atoms with Crippen LogP contribution in [0.1, 0.15) is 54.9 Å². The molecular formula is C95H108Cl3F5N24O. The van der Waals surface area contributed by atoms with Crippen molar-refractivity contribution in [2.45, 2.75) is 53.1 Å². The molecule has 12 aromatic rings. The van der Waals surface area contributed by atoms with Gasteiger partial charge in [-0.15, -0.1) is 0 Å². The molecule has 8 heterocycles. The van der Waals surface area contributed by atoms with Crippen molar-refractivity contribution >= 4 is 116 Å². The highest BCUT2D eigenvalue weighted by Gasteiger charge is 2.32. The van der Waals surface area contributed by atoms with Gasteiger partial charge in [0.15, 0.2) is 0 Å². The molecule has 1 amide bonds. The lowest BCUT2D eigenvalue weighted by atomic mass is 10.0. The first-order valence-corrected chi connectivity index (χ1v) is 43.5. The van der Waals surface area contributed by atoms with Crippen molar-refractivity contribution in [2.24, 2.45) is 0 Å². The van der Waals surface area contributed by atoms with E-state index < -0.39 is 23.4 Å². The smallest absolute Gasteiger partial charge is 0.384 e. The third-order valence-electron chi connectivity index (χ3n) is 22.2. The number of hydrogen-bond acceptors (Lipinski definition) is 24. The molecular weight excluding hydrogens is 1690 g/mol. The van der Waals surface area contributed by atoms with Crippen molar-refractivity contribution in [3.05, 3.63) is 277 Å². The molecule has 8 N–H and O–H groups in total. The van der Waals surface area contributed by atoms with E-state index in [1.807, 2.05) is 74.5 Å². The van der Waals surface area contributed by atoms with Crippen molar-refractivity contribution in [1.29, 1.82) is 0 Å². The van der Waals surface area contributed by atoms with Gasteiger partial charge >= 0.3 is 6.18 Å². The number of nitrogens with two attached hydrogens (primary N) is 1. The van der Waals surface area contributed by atoms with Gasteiger partial charge in [-0.3, -0.25) is 24.4 Å². The van der Waals surface area contributed by atoms with Crippen molar-refractivity contribution in [3.8, 4) is 22.5 Å². The Morgan fingerprint density at radius 3 is 1.20 bits per heavy atom. The second-order valence-electron chi connectivity index (χ2n) is 32.8. The zero-order valence-electron chi connectivity index (χ0n) is 73.3. The number of aromatic nitrogens is 8. The van der Waals surface area contributed by atoms with Gasteiger partial charge < -0.3 is 62.1 Å². The van der Waals surface area contributed by atoms with Crippen LogP contribution in [0, 0.1) is 32.4 Å². The van der Waals surface area contributed by atoms with Crippen LogP contribution in [-0.4, -0.2) is 237 Å². The van der Waals surface area contributed by atoms with Gasteiger partial charge in [0.1, 0.15) is 29.1 Å². The molecule has 0 unspecified atom stereocenters. The van der Waals surface area contributed by atoms with E-state index in [0.717, 1.165) is 177 Å². The predicted octanol–water partition coefficient (Wildman–Crippen LogP) is 18.2. The third kappa shape index (κ3) is 27.7. The Hall–Kier alpha value is -11.7. The van der Waals surface area contributed by atoms with Crippen LogP contribution in [0.4, 0.5) is 97.3 Å². The molecule has 8 aromatic carbocycles. The van der Waals surface area contributed by atoms with E-state index in [1.165, 1.54) is 52.6 Å². The first kappa shape index (κ1) is 94.0. The Labute approximate surface area is 760 Å². The number of halogens is 8. The second kappa shape index (κ2) is 44.4. The van der Waals surface area contributed by atoms with Gasteiger partial charge in [0.25, 0.3) is 5.91 Å². The number of nitrogens with zero attached hydrogens (tertiary/aromatic N) is 17. The highest BCUT2D eigenvalue weighted by atomic mass is 35.5. The molecule has 0 aliphatic carbocycles. The van der Waals surface area contributed by atoms with Gasteiger partial charge in [0, 0.05) is 225 Å². The molecule has 4 aromatic heterocycles. The first-order chi connectivity index (χ1) is 61.5. The second-order valence-corrected chi connectivity index (χ2v) is 34.0. The molecule has 4 saturated heterocycles. The van der Waals surface area contributed by atoms with Gasteiger partial charge in [-0.05, 0) is 192 Å². The minimum atomic E-state index is -4.49. The number of para-hydroxylation sites is 1. The molecule has 16 rings (SSSR count). The van der Waals surface area contributed by atoms with Gasteiger partial charge in [-0.2, -0.15) is 28.1 Å². The summed E-state index contributed by atoms with van der Waals surface area (Å²) < 4.78 is 66.5. The Bertz CT molecular complexity index is 5680. The first-order valence-electron chi connectivity index (χ1n) is 42.3. The molecule has 128 heavy (non-hydrogen) atoms. The number of rotatable bonds is 23. The van der Waals surface area contributed by atoms with Crippen LogP contribution in [0.25, 0.3) is 22.5 Å². The lowest BCUT2D eigenvalue weighted by Crippen LogP contribution is -2.43. The number of hydrogen-bond donors (Lipinski definition) is 7. The normalized spacial score (nSPS) is 15.1. The van der Waals surface area contributed by atoms with Crippen LogP contribution in [-0.2, 0) is 32.4 Å². The lowest BCUT2D eigenvalue weighted by molar-refractivity contribution is -0.137. The summed E-state index contributed by atoms with van der Waals surface area (Å²) in [5, 5.41) is 19.5. The number of alkyl halides is 3. The fraction of sp³-hybridized carbons (Fsp3) is 0.316. The molecule has 0 saturated carbocycles. The molecule has 0 spiro atoms. The Morgan fingerprint density at radius 2 is 0.789 bits per heavy atom. The van der Waals surface area contributed by atoms with Gasteiger partial charge in [0.05, 0.1) is 38.2 Å². The number of anilines is 13. The summed E-state index contributed by atoms with van der Waals surface area (Å²) >= 11 is 17.7. The van der Waals surface area contributed by atoms with Crippen LogP contribution < -0.4 is 37.6 Å². The number of benzene rings is 8. The van der Waals surface area contributed by atoms with E-state index in [0.29, 0.717) is 86.3 Å². The minimum absolute atomic E-state index is 0.00304. The largest absolute Gasteiger partial charge is 0.416 e. The SMILES string of the molecule is CN1CCN(Cc2ccc(Nc3nc(N)cc(-c4ccc(F)c(Cl)c4)n3)cc2)CC1.Cc1cnc(Nc2ccc(CN3CCN(C)CC3)cc2)nc1-c1cc(Cl)cc(C(F)(F)F)c1.Cc1cnc(Nc2ccc(CN3CCN(C)CC3)cc2)nc1Nc1ccc(F)c(Cl)c1.Cc1cnc(Nc2ccc(CN3CCN(C)CC3)cc2)nc1Nc1ccccc1C(=O)N(C)C. The van der Waals surface area contributed by atoms with E-state index in [4.69, 9.17) is 40.5 Å². The highest BCUT2D eigenvalue weighted by Crippen LogP contribution is 2.37. The summed E-state index contributed by atoms with van der Waals surface area (Å²) in [4.78, 5) is 68.9. The predicted molar refractivity (Wildman–Crippen MR) is 505 cm³/mol. The van der Waals surface area contributed by atoms with Gasteiger partial charge in [0.2, 0.25) is 23.8 Å². The van der Waals surface area contributed by atoms with Gasteiger partial charge in [-0.25, -0.2) is 33.7 Å². The Morgan fingerprint density at radius 1 is 0.406 bits per heavy atom. The number of carbonyl (C=O) groups excluding carboxylic acids is 1. The quantitative estimate of drug-likeness (QED) is 0.0294. The zero-order valence-corrected chi connectivity index (χ0v) is 75.6. The van der Waals surface area contributed by atoms with Crippen LogP contribution in [0.2, 0.25) is 15.1 Å². The lowest BCUT2D eigenvalue weighted by Gasteiger charge is -2.32. The average Bonchev–Trinajstić information content (AvgIpc) is 0.819. The van der Waals surface area contributed by atoms with E-state index in [1.54, 1.807) is 62.7 Å². The molecule has 0 bridgehead atoms. The average molecular weight is 1800 g/mol. The number of aryl methyl sites for hydroxylation is 3. The number of piperazine rings is 4. The molecule has 33 heteroatoms. The Balaban J connectivity index is 0.000000146. The van der Waals surface area contributed by atoms with Crippen molar-refractivity contribution in [1.82, 2.24) is 84.0 Å². The maximum absolute atomic E-state index is 13.5. The fourth-order valence-corrected chi connectivity index (χ4v) is 15.1. The number of nitrogen functional groups attached to an aromatic ring is 1. The van der Waals surface area contributed by atoms with Crippen LogP contribution >= 0.6 is 34.8 Å². The summed E-state index contributed by atoms with van der Waals surface area (Å²) in [6, 6.07) is 54.5. The number of likely N-dealkylation sites (N-methyl/N-ethyl adjacent to an activating group) is 4. The number of carbonyl (C=O) groups is 1. The molecule has 0 radical (unpaired) electrons. The molecule has 0 atom stereocenters. The van der Waals surface area contributed by atoms with E-state index in [-0.39, 0.29) is 21.0 Å². The third-order valence-corrected chi connectivity index (χ3v) is 23.0. The summed E-state index contributed by atoms with van der Waals surface area (Å²) in [6.07, 6.45) is 0.606. The molecule has 25 nitrogen and oxygen atoms in total. The standard InChI is InChI=1S/C26H33N7O.C24H25ClF3N5.C23H26ClFN6.C22H24ClFN6/c1-19-17-27-26(30-24(19)29-23-8-6-5-7-22(23)25(34)31(2)3)28-21-11-9-20(10-12-21)18-33-15-13-32(4)14-16-33;1-16-14-29-23(31-22(16)18-11-19(24(26,27)28)13-20(25)12-18)30-21-5-3-17(4-6-21)15-33-9-7-32(2)8-10-33;1-16-14-26-23(29-22(16)27-19-7-8-21(25)20(24)13-19)28-18-5-3-17(4-6-18)15-31-11-9-30(2)10-12-31;1-29-8-10-30(11-9-29)14-15-2-5-17(6-3-15)26-22-27-20(13-21(25)28-22)16-4-7-19(24)18(23)12-16/h5-12,17H,13-16,18H2,1-4H3,(H2,27,28,29,30);3-6,11-14H,7-10,15H2,1-2H3,(H,29,30,31);3-8,13-14H,9-12,15H2,1-2H3,(H2,26,27,28,29);2-7,12-13H,8-11,14H2,1H3,(H3,25,26,27,28). The van der Waals surface area contributed by atoms with Crippen molar-refractivity contribution < 1.29 is 26.7 Å². The van der Waals surface area contributed by atoms with Gasteiger partial charge in [-0.1, -0.05) is 95.5 Å². The summed E-state index contributed by atoms with van der Waals surface area (Å²) in [7, 11) is 12.1. The van der Waals surface area contributed by atoms with E-state index >= 15 is 0 Å². The highest BCUT2D eigenvalue weighted by molar-refractivity contribution is 6.31. The number of amides is 1. The van der Waals surface area contributed by atoms with Crippen molar-refractivity contribution in [2.75, 3.05) is 185 Å². The number of nitrogens with one attached hydrogen (secondary N) is 6. The zero-order chi connectivity index (χ0) is 90.5.